The van der Waals surface area contributed by atoms with E-state index < -0.39 is 0 Å². The molecular weight excluding hydrogens is 310 g/mol. The minimum Gasteiger partial charge on any atom is -0.320 e. The molecule has 20 heavy (non-hydrogen) atoms. The minimum absolute atomic E-state index is 0.0819. The van der Waals surface area contributed by atoms with Gasteiger partial charge in [0.05, 0.1) is 6.04 Å². The molecule has 2 N–H and O–H groups in total. The summed E-state index contributed by atoms with van der Waals surface area (Å²) >= 11 is 3.52. The number of halogens is 1. The molecular formula is C18H22BrN. The van der Waals surface area contributed by atoms with Gasteiger partial charge in [0.1, 0.15) is 0 Å². The zero-order valence-electron chi connectivity index (χ0n) is 12.6. The average molecular weight is 332 g/mol. The lowest BCUT2D eigenvalue weighted by atomic mass is 9.85. The number of aryl methyl sites for hydroxylation is 1. The summed E-state index contributed by atoms with van der Waals surface area (Å²) in [6, 6.07) is 14.8. The van der Waals surface area contributed by atoms with E-state index >= 15 is 0 Å². The van der Waals surface area contributed by atoms with Gasteiger partial charge in [-0.2, -0.15) is 0 Å². The molecule has 0 heterocycles. The van der Waals surface area contributed by atoms with Crippen LogP contribution in [0.15, 0.2) is 46.9 Å². The predicted octanol–water partition coefficient (Wildman–Crippen LogP) is 5.10. The zero-order chi connectivity index (χ0) is 14.9. The van der Waals surface area contributed by atoms with Gasteiger partial charge in [-0.15, -0.1) is 0 Å². The quantitative estimate of drug-likeness (QED) is 0.813. The van der Waals surface area contributed by atoms with Gasteiger partial charge in [-0.3, -0.25) is 0 Å². The van der Waals surface area contributed by atoms with Crippen LogP contribution in [0.5, 0.6) is 0 Å². The van der Waals surface area contributed by atoms with Crippen molar-refractivity contribution in [2.24, 2.45) is 5.73 Å². The van der Waals surface area contributed by atoms with Crippen LogP contribution < -0.4 is 5.73 Å². The number of hydrogen-bond donors (Lipinski definition) is 1. The normalized spacial score (nSPS) is 13.3. The van der Waals surface area contributed by atoms with Crippen LogP contribution in [0.2, 0.25) is 0 Å². The molecule has 1 nitrogen and oxygen atoms in total. The summed E-state index contributed by atoms with van der Waals surface area (Å²) < 4.78 is 1.07. The first-order valence-corrected chi connectivity index (χ1v) is 7.70. The fourth-order valence-corrected chi connectivity index (χ4v) is 2.70. The van der Waals surface area contributed by atoms with Gasteiger partial charge < -0.3 is 5.73 Å². The van der Waals surface area contributed by atoms with Crippen molar-refractivity contribution in [2.45, 2.75) is 39.2 Å². The molecule has 0 aromatic heterocycles. The van der Waals surface area contributed by atoms with Crippen LogP contribution >= 0.6 is 15.9 Å². The van der Waals surface area contributed by atoms with E-state index in [-0.39, 0.29) is 11.5 Å². The van der Waals surface area contributed by atoms with Crippen LogP contribution in [0.4, 0.5) is 0 Å². The van der Waals surface area contributed by atoms with E-state index in [9.17, 15) is 0 Å². The van der Waals surface area contributed by atoms with Gasteiger partial charge in [0.25, 0.3) is 0 Å². The van der Waals surface area contributed by atoms with E-state index in [2.05, 4.69) is 80.0 Å². The molecule has 0 radical (unpaired) electrons. The molecule has 0 fully saturated rings. The van der Waals surface area contributed by atoms with E-state index in [1.165, 1.54) is 16.7 Å². The maximum absolute atomic E-state index is 6.42. The summed E-state index contributed by atoms with van der Waals surface area (Å²) in [5.41, 5.74) is 11.5. The monoisotopic (exact) mass is 331 g/mol. The second-order valence-electron chi connectivity index (χ2n) is 6.35. The molecule has 2 heteroatoms. The standard InChI is InChI=1S/C18H22BrN/c1-12-5-10-15(19)11-16(12)17(20)13-6-8-14(9-7-13)18(2,3)4/h5-11,17H,20H2,1-4H3. The number of hydrogen-bond acceptors (Lipinski definition) is 1. The van der Waals surface area contributed by atoms with Crippen molar-refractivity contribution >= 4 is 15.9 Å². The van der Waals surface area contributed by atoms with Gasteiger partial charge in [0.15, 0.2) is 0 Å². The van der Waals surface area contributed by atoms with Crippen molar-refractivity contribution in [1.82, 2.24) is 0 Å². The first-order valence-electron chi connectivity index (χ1n) is 6.91. The lowest BCUT2D eigenvalue weighted by Gasteiger charge is -2.21. The van der Waals surface area contributed by atoms with Gasteiger partial charge in [0.2, 0.25) is 0 Å². The molecule has 0 saturated heterocycles. The first kappa shape index (κ1) is 15.3. The third-order valence-electron chi connectivity index (χ3n) is 3.71. The Balaban J connectivity index is 2.34. The molecule has 0 saturated carbocycles. The van der Waals surface area contributed by atoms with Crippen LogP contribution in [-0.2, 0) is 5.41 Å². The fourth-order valence-electron chi connectivity index (χ4n) is 2.32. The second-order valence-corrected chi connectivity index (χ2v) is 7.27. The molecule has 1 atom stereocenters. The summed E-state index contributed by atoms with van der Waals surface area (Å²) in [6.45, 7) is 8.77. The largest absolute Gasteiger partial charge is 0.320 e. The van der Waals surface area contributed by atoms with E-state index in [0.29, 0.717) is 0 Å². The number of rotatable bonds is 2. The van der Waals surface area contributed by atoms with Crippen molar-refractivity contribution in [1.29, 1.82) is 0 Å². The van der Waals surface area contributed by atoms with Crippen LogP contribution in [0.25, 0.3) is 0 Å². The Morgan fingerprint density at radius 1 is 1.00 bits per heavy atom. The van der Waals surface area contributed by atoms with E-state index in [0.717, 1.165) is 10.0 Å². The summed E-state index contributed by atoms with van der Waals surface area (Å²) in [5, 5.41) is 0. The lowest BCUT2D eigenvalue weighted by Crippen LogP contribution is -2.15. The second kappa shape index (κ2) is 5.71. The van der Waals surface area contributed by atoms with Gasteiger partial charge in [-0.1, -0.05) is 67.0 Å². The van der Waals surface area contributed by atoms with Crippen LogP contribution in [-0.4, -0.2) is 0 Å². The number of nitrogens with two attached hydrogens (primary N) is 1. The molecule has 2 aromatic rings. The molecule has 2 rings (SSSR count). The van der Waals surface area contributed by atoms with E-state index in [4.69, 9.17) is 5.73 Å². The van der Waals surface area contributed by atoms with Crippen molar-refractivity contribution in [3.63, 3.8) is 0 Å². The summed E-state index contributed by atoms with van der Waals surface area (Å²) in [5.74, 6) is 0. The topological polar surface area (TPSA) is 26.0 Å². The van der Waals surface area contributed by atoms with E-state index in [1.807, 2.05) is 6.07 Å². The SMILES string of the molecule is Cc1ccc(Br)cc1C(N)c1ccc(C(C)(C)C)cc1. The third kappa shape index (κ3) is 3.31. The Morgan fingerprint density at radius 3 is 2.15 bits per heavy atom. The maximum Gasteiger partial charge on any atom is 0.0554 e. The Morgan fingerprint density at radius 2 is 1.60 bits per heavy atom. The fraction of sp³-hybridized carbons (Fsp3) is 0.333. The van der Waals surface area contributed by atoms with Crippen molar-refractivity contribution < 1.29 is 0 Å². The Kier molecular flexibility index (Phi) is 4.36. The molecule has 0 spiro atoms. The highest BCUT2D eigenvalue weighted by molar-refractivity contribution is 9.10. The highest BCUT2D eigenvalue weighted by Crippen LogP contribution is 2.28. The van der Waals surface area contributed by atoms with Crippen molar-refractivity contribution in [2.75, 3.05) is 0 Å². The molecule has 1 unspecified atom stereocenters. The Hall–Kier alpha value is -1.12. The maximum atomic E-state index is 6.42. The molecule has 0 bridgehead atoms. The molecule has 0 amide bonds. The molecule has 106 valence electrons. The Bertz CT molecular complexity index is 594. The first-order chi connectivity index (χ1) is 9.29. The molecule has 0 aliphatic heterocycles. The highest BCUT2D eigenvalue weighted by atomic mass is 79.9. The van der Waals surface area contributed by atoms with Crippen LogP contribution in [0.1, 0.15) is 49.1 Å². The summed E-state index contributed by atoms with van der Waals surface area (Å²) in [4.78, 5) is 0. The predicted molar refractivity (Wildman–Crippen MR) is 90.1 cm³/mol. The summed E-state index contributed by atoms with van der Waals surface area (Å²) in [7, 11) is 0. The van der Waals surface area contributed by atoms with E-state index in [1.54, 1.807) is 0 Å². The molecule has 2 aromatic carbocycles. The van der Waals surface area contributed by atoms with Gasteiger partial charge in [0, 0.05) is 4.47 Å². The Labute approximate surface area is 130 Å². The smallest absolute Gasteiger partial charge is 0.0554 e. The molecule has 0 aliphatic carbocycles. The van der Waals surface area contributed by atoms with Gasteiger partial charge in [-0.05, 0) is 46.7 Å². The van der Waals surface area contributed by atoms with Gasteiger partial charge >= 0.3 is 0 Å². The van der Waals surface area contributed by atoms with Crippen molar-refractivity contribution in [3.05, 3.63) is 69.2 Å². The zero-order valence-corrected chi connectivity index (χ0v) is 14.2. The average Bonchev–Trinajstić information content (AvgIpc) is 2.40. The summed E-state index contributed by atoms with van der Waals surface area (Å²) in [6.07, 6.45) is 0. The van der Waals surface area contributed by atoms with Gasteiger partial charge in [-0.25, -0.2) is 0 Å². The van der Waals surface area contributed by atoms with Crippen molar-refractivity contribution in [3.8, 4) is 0 Å². The number of benzene rings is 2. The van der Waals surface area contributed by atoms with Crippen LogP contribution in [0, 0.1) is 6.92 Å². The minimum atomic E-state index is -0.0819. The highest BCUT2D eigenvalue weighted by Gasteiger charge is 2.15. The molecule has 0 aliphatic rings. The lowest BCUT2D eigenvalue weighted by molar-refractivity contribution is 0.589. The third-order valence-corrected chi connectivity index (χ3v) is 4.21. The van der Waals surface area contributed by atoms with Crippen LogP contribution in [0.3, 0.4) is 0 Å².